The van der Waals surface area contributed by atoms with E-state index in [0.717, 1.165) is 10.5 Å². The minimum Gasteiger partial charge on any atom is -0.480 e. The van der Waals surface area contributed by atoms with Crippen LogP contribution in [0.25, 0.3) is 0 Å². The maximum Gasteiger partial charge on any atom is 0.329 e. The summed E-state index contributed by atoms with van der Waals surface area (Å²) < 4.78 is 0. The van der Waals surface area contributed by atoms with Gasteiger partial charge in [0.1, 0.15) is 11.6 Å². The Morgan fingerprint density at radius 1 is 1.14 bits per heavy atom. The minimum atomic E-state index is -1.38. The third kappa shape index (κ3) is 2.99. The number of nitriles is 1. The predicted octanol–water partition coefficient (Wildman–Crippen LogP) is 2.71. The summed E-state index contributed by atoms with van der Waals surface area (Å²) in [5.41, 5.74) is 0.369. The van der Waals surface area contributed by atoms with Crippen LogP contribution in [-0.2, 0) is 21.7 Å². The molecular formula is C21H19N3O4. The molecule has 0 aromatic heterocycles. The molecule has 142 valence electrons. The van der Waals surface area contributed by atoms with Crippen molar-refractivity contribution in [3.8, 4) is 6.07 Å². The molecule has 1 N–H and O–H groups in total. The molecular weight excluding hydrogens is 358 g/mol. The minimum absolute atomic E-state index is 0.144. The molecule has 0 unspecified atom stereocenters. The lowest BCUT2D eigenvalue weighted by Gasteiger charge is -2.32. The van der Waals surface area contributed by atoms with Gasteiger partial charge in [-0.2, -0.15) is 5.26 Å². The number of imide groups is 1. The number of urea groups is 1. The number of aliphatic carboxylic acids is 1. The zero-order valence-electron chi connectivity index (χ0n) is 15.5. The Hall–Kier alpha value is -3.66. The fourth-order valence-corrected chi connectivity index (χ4v) is 3.35. The van der Waals surface area contributed by atoms with Crippen LogP contribution in [0.4, 0.5) is 4.79 Å². The summed E-state index contributed by atoms with van der Waals surface area (Å²) >= 11 is 0. The highest BCUT2D eigenvalue weighted by molar-refractivity contribution is 6.09. The van der Waals surface area contributed by atoms with E-state index in [9.17, 15) is 19.5 Å². The van der Waals surface area contributed by atoms with Gasteiger partial charge in [-0.3, -0.25) is 4.79 Å². The molecule has 7 heteroatoms. The summed E-state index contributed by atoms with van der Waals surface area (Å²) in [5.74, 6) is -1.86. The van der Waals surface area contributed by atoms with Gasteiger partial charge in [-0.25, -0.2) is 14.5 Å². The first kappa shape index (κ1) is 19.1. The molecule has 1 fully saturated rings. The van der Waals surface area contributed by atoms with E-state index in [-0.39, 0.29) is 6.54 Å². The molecule has 3 rings (SSSR count). The lowest BCUT2D eigenvalue weighted by molar-refractivity contribution is -0.147. The van der Waals surface area contributed by atoms with Crippen molar-refractivity contribution >= 4 is 17.9 Å². The smallest absolute Gasteiger partial charge is 0.329 e. The van der Waals surface area contributed by atoms with Crippen molar-refractivity contribution in [2.75, 3.05) is 0 Å². The Morgan fingerprint density at radius 3 is 2.29 bits per heavy atom. The van der Waals surface area contributed by atoms with E-state index in [4.69, 9.17) is 5.26 Å². The van der Waals surface area contributed by atoms with Crippen molar-refractivity contribution in [1.82, 2.24) is 9.80 Å². The van der Waals surface area contributed by atoms with Gasteiger partial charge in [-0.05, 0) is 37.1 Å². The highest BCUT2D eigenvalue weighted by Crippen LogP contribution is 2.39. The second-order valence-corrected chi connectivity index (χ2v) is 6.81. The zero-order valence-corrected chi connectivity index (χ0v) is 15.5. The van der Waals surface area contributed by atoms with Gasteiger partial charge in [0.2, 0.25) is 0 Å². The first-order valence-electron chi connectivity index (χ1n) is 8.73. The van der Waals surface area contributed by atoms with Crippen LogP contribution >= 0.6 is 0 Å². The Balaban J connectivity index is 2.11. The first-order valence-corrected chi connectivity index (χ1v) is 8.73. The topological polar surface area (TPSA) is 102 Å². The summed E-state index contributed by atoms with van der Waals surface area (Å²) in [7, 11) is 0. The second kappa shape index (κ2) is 7.16. The number of carbonyl (C=O) groups excluding carboxylic acids is 2. The highest BCUT2D eigenvalue weighted by Gasteiger charge is 2.57. The Kier molecular flexibility index (Phi) is 4.89. The standard InChI is InChI=1S/C21H19N3O4/c1-14(18(25)26)24-19(27)21(2,17-10-8-15(12-22)9-11-17)23(20(24)28)13-16-6-4-3-5-7-16/h3-11,14H,13H2,1-2H3,(H,25,26)/t14-,21+/m0/s1. The molecule has 0 aliphatic carbocycles. The number of amides is 3. The van der Waals surface area contributed by atoms with Crippen molar-refractivity contribution in [2.24, 2.45) is 0 Å². The number of hydrogen-bond donors (Lipinski definition) is 1. The van der Waals surface area contributed by atoms with Crippen molar-refractivity contribution < 1.29 is 19.5 Å². The summed E-state index contributed by atoms with van der Waals surface area (Å²) in [6, 6.07) is 15.6. The van der Waals surface area contributed by atoms with Crippen LogP contribution in [0.15, 0.2) is 54.6 Å². The molecule has 0 saturated carbocycles. The molecule has 2 atom stereocenters. The van der Waals surface area contributed by atoms with Crippen molar-refractivity contribution in [3.05, 3.63) is 71.3 Å². The van der Waals surface area contributed by atoms with Crippen LogP contribution in [-0.4, -0.2) is 38.9 Å². The largest absolute Gasteiger partial charge is 0.480 e. The number of hydrogen-bond acceptors (Lipinski definition) is 4. The van der Waals surface area contributed by atoms with Crippen LogP contribution in [0.2, 0.25) is 0 Å². The summed E-state index contributed by atoms with van der Waals surface area (Å²) in [5, 5.41) is 18.4. The molecule has 1 aliphatic rings. The number of rotatable bonds is 5. The average Bonchev–Trinajstić information content (AvgIpc) is 2.89. The van der Waals surface area contributed by atoms with E-state index >= 15 is 0 Å². The van der Waals surface area contributed by atoms with Crippen molar-refractivity contribution in [1.29, 1.82) is 5.26 Å². The van der Waals surface area contributed by atoms with Crippen molar-refractivity contribution in [3.63, 3.8) is 0 Å². The third-order valence-corrected chi connectivity index (χ3v) is 5.12. The van der Waals surface area contributed by atoms with Gasteiger partial charge < -0.3 is 10.0 Å². The second-order valence-electron chi connectivity index (χ2n) is 6.81. The van der Waals surface area contributed by atoms with E-state index < -0.39 is 29.5 Å². The lowest BCUT2D eigenvalue weighted by Crippen LogP contribution is -2.45. The Bertz CT molecular complexity index is 965. The highest BCUT2D eigenvalue weighted by atomic mass is 16.4. The molecule has 28 heavy (non-hydrogen) atoms. The number of carboxylic acids is 1. The third-order valence-electron chi connectivity index (χ3n) is 5.12. The van der Waals surface area contributed by atoms with E-state index in [2.05, 4.69) is 0 Å². The summed E-state index contributed by atoms with van der Waals surface area (Å²) in [4.78, 5) is 40.0. The molecule has 0 bridgehead atoms. The van der Waals surface area contributed by atoms with E-state index in [0.29, 0.717) is 11.1 Å². The Morgan fingerprint density at radius 2 is 1.75 bits per heavy atom. The maximum atomic E-state index is 13.3. The van der Waals surface area contributed by atoms with Gasteiger partial charge >= 0.3 is 12.0 Å². The van der Waals surface area contributed by atoms with Gasteiger partial charge in [0, 0.05) is 6.54 Å². The van der Waals surface area contributed by atoms with Gasteiger partial charge in [0.05, 0.1) is 11.6 Å². The number of benzene rings is 2. The van der Waals surface area contributed by atoms with E-state index in [1.165, 1.54) is 11.8 Å². The quantitative estimate of drug-likeness (QED) is 0.807. The SMILES string of the molecule is C[C@@H](C(=O)O)N1C(=O)N(Cc2ccccc2)[C@](C)(c2ccc(C#N)cc2)C1=O. The fourth-order valence-electron chi connectivity index (χ4n) is 3.35. The van der Waals surface area contributed by atoms with Crippen LogP contribution in [0.5, 0.6) is 0 Å². The molecule has 0 radical (unpaired) electrons. The fraction of sp³-hybridized carbons (Fsp3) is 0.238. The lowest BCUT2D eigenvalue weighted by atomic mass is 9.89. The van der Waals surface area contributed by atoms with Crippen LogP contribution in [0.3, 0.4) is 0 Å². The summed E-state index contributed by atoms with van der Waals surface area (Å²) in [6.07, 6.45) is 0. The molecule has 0 spiro atoms. The van der Waals surface area contributed by atoms with Crippen molar-refractivity contribution in [2.45, 2.75) is 32.0 Å². The molecule has 2 aromatic rings. The molecule has 2 aromatic carbocycles. The van der Waals surface area contributed by atoms with E-state index in [1.54, 1.807) is 31.2 Å². The van der Waals surface area contributed by atoms with Crippen LogP contribution in [0.1, 0.15) is 30.5 Å². The van der Waals surface area contributed by atoms with Gasteiger partial charge in [0.15, 0.2) is 0 Å². The molecule has 7 nitrogen and oxygen atoms in total. The van der Waals surface area contributed by atoms with E-state index in [1.807, 2.05) is 36.4 Å². The zero-order chi connectivity index (χ0) is 20.5. The van der Waals surface area contributed by atoms with Gasteiger partial charge in [0.25, 0.3) is 5.91 Å². The van der Waals surface area contributed by atoms with Gasteiger partial charge in [-0.15, -0.1) is 0 Å². The number of carboxylic acid groups (broad SMARTS) is 1. The Labute approximate surface area is 162 Å². The first-order chi connectivity index (χ1) is 13.3. The molecule has 1 heterocycles. The van der Waals surface area contributed by atoms with Gasteiger partial charge in [-0.1, -0.05) is 42.5 Å². The van der Waals surface area contributed by atoms with Crippen LogP contribution < -0.4 is 0 Å². The van der Waals surface area contributed by atoms with Crippen LogP contribution in [0, 0.1) is 11.3 Å². The number of nitrogens with zero attached hydrogens (tertiary/aromatic N) is 3. The molecule has 1 saturated heterocycles. The summed E-state index contributed by atoms with van der Waals surface area (Å²) in [6.45, 7) is 3.06. The molecule has 1 aliphatic heterocycles. The normalized spacial score (nSPS) is 20.2. The molecule has 3 amide bonds. The number of carbonyl (C=O) groups is 3. The monoisotopic (exact) mass is 377 g/mol. The maximum absolute atomic E-state index is 13.3. The predicted molar refractivity (Wildman–Crippen MR) is 99.8 cm³/mol. The average molecular weight is 377 g/mol.